The molecule has 1 aliphatic heterocycles. The predicted octanol–water partition coefficient (Wildman–Crippen LogP) is 1.90. The summed E-state index contributed by atoms with van der Waals surface area (Å²) in [6.07, 6.45) is 1.64. The maximum atomic E-state index is 14.0. The number of likely N-dealkylation sites (tertiary alicyclic amines) is 1. The van der Waals surface area contributed by atoms with Crippen LogP contribution in [0.5, 0.6) is 0 Å². The number of hydrogen-bond acceptors (Lipinski definition) is 3. The Labute approximate surface area is 146 Å². The number of halogens is 3. The molecule has 3 N–H and O–H groups in total. The topological polar surface area (TPSA) is 75.4 Å². The van der Waals surface area contributed by atoms with E-state index in [-0.39, 0.29) is 42.2 Å². The molecule has 1 aromatic carbocycles. The van der Waals surface area contributed by atoms with Gasteiger partial charge in [-0.2, -0.15) is 0 Å². The standard InChI is InChI=1S/C16H21F2N3O2.ClH/c1-10(22)20-15(13-5-4-11(17)7-14(13)18)8-16(23)21-6-2-3-12(21)9-19;/h4-5,7,12,15H,2-3,6,8-9,19H2,1H3,(H,20,22);1H. The van der Waals surface area contributed by atoms with Gasteiger partial charge in [0.2, 0.25) is 11.8 Å². The average Bonchev–Trinajstić information content (AvgIpc) is 2.94. The largest absolute Gasteiger partial charge is 0.349 e. The number of benzene rings is 1. The third-order valence-corrected chi connectivity index (χ3v) is 4.06. The van der Waals surface area contributed by atoms with Gasteiger partial charge in [0, 0.05) is 37.7 Å². The second kappa shape index (κ2) is 8.94. The van der Waals surface area contributed by atoms with Gasteiger partial charge in [0.15, 0.2) is 0 Å². The summed E-state index contributed by atoms with van der Waals surface area (Å²) in [7, 11) is 0. The smallest absolute Gasteiger partial charge is 0.225 e. The summed E-state index contributed by atoms with van der Waals surface area (Å²) in [5.74, 6) is -2.07. The lowest BCUT2D eigenvalue weighted by atomic mass is 10.0. The summed E-state index contributed by atoms with van der Waals surface area (Å²) >= 11 is 0. The van der Waals surface area contributed by atoms with E-state index in [1.807, 2.05) is 0 Å². The third-order valence-electron chi connectivity index (χ3n) is 4.06. The van der Waals surface area contributed by atoms with Crippen molar-refractivity contribution < 1.29 is 18.4 Å². The zero-order valence-corrected chi connectivity index (χ0v) is 14.2. The van der Waals surface area contributed by atoms with Gasteiger partial charge in [0.1, 0.15) is 11.6 Å². The molecule has 0 bridgehead atoms. The highest BCUT2D eigenvalue weighted by Gasteiger charge is 2.30. The monoisotopic (exact) mass is 361 g/mol. The van der Waals surface area contributed by atoms with E-state index < -0.39 is 17.7 Å². The lowest BCUT2D eigenvalue weighted by Crippen LogP contribution is -2.42. The minimum absolute atomic E-state index is 0. The highest BCUT2D eigenvalue weighted by atomic mass is 35.5. The van der Waals surface area contributed by atoms with Gasteiger partial charge in [-0.1, -0.05) is 6.07 Å². The molecule has 5 nitrogen and oxygen atoms in total. The zero-order valence-electron chi connectivity index (χ0n) is 13.4. The molecule has 1 heterocycles. The lowest BCUT2D eigenvalue weighted by Gasteiger charge is -2.26. The highest BCUT2D eigenvalue weighted by Crippen LogP contribution is 2.25. The van der Waals surface area contributed by atoms with Crippen molar-refractivity contribution in [2.45, 2.75) is 38.3 Å². The van der Waals surface area contributed by atoms with E-state index in [4.69, 9.17) is 5.73 Å². The van der Waals surface area contributed by atoms with Gasteiger partial charge in [-0.05, 0) is 18.9 Å². The Morgan fingerprint density at radius 2 is 2.12 bits per heavy atom. The molecule has 1 fully saturated rings. The van der Waals surface area contributed by atoms with Crippen molar-refractivity contribution in [3.05, 3.63) is 35.4 Å². The van der Waals surface area contributed by atoms with Crippen molar-refractivity contribution in [1.29, 1.82) is 0 Å². The number of hydrogen-bond donors (Lipinski definition) is 2. The van der Waals surface area contributed by atoms with Gasteiger partial charge >= 0.3 is 0 Å². The van der Waals surface area contributed by atoms with Crippen LogP contribution in [0.1, 0.15) is 37.8 Å². The first kappa shape index (κ1) is 20.3. The number of nitrogens with one attached hydrogen (secondary N) is 1. The predicted molar refractivity (Wildman–Crippen MR) is 88.6 cm³/mol. The van der Waals surface area contributed by atoms with Crippen LogP contribution in [0.2, 0.25) is 0 Å². The van der Waals surface area contributed by atoms with E-state index in [2.05, 4.69) is 5.32 Å². The minimum atomic E-state index is -0.834. The quantitative estimate of drug-likeness (QED) is 0.841. The zero-order chi connectivity index (χ0) is 17.0. The molecule has 2 amide bonds. The number of carbonyl (C=O) groups excluding carboxylic acids is 2. The van der Waals surface area contributed by atoms with Crippen molar-refractivity contribution in [3.8, 4) is 0 Å². The molecule has 0 spiro atoms. The molecule has 134 valence electrons. The molecule has 2 rings (SSSR count). The van der Waals surface area contributed by atoms with Gasteiger partial charge in [0.25, 0.3) is 0 Å². The molecule has 2 atom stereocenters. The fourth-order valence-corrected chi connectivity index (χ4v) is 2.97. The van der Waals surface area contributed by atoms with Crippen molar-refractivity contribution in [1.82, 2.24) is 10.2 Å². The van der Waals surface area contributed by atoms with E-state index in [9.17, 15) is 18.4 Å². The summed E-state index contributed by atoms with van der Waals surface area (Å²) < 4.78 is 27.0. The molecule has 8 heteroatoms. The van der Waals surface area contributed by atoms with Crippen LogP contribution in [0.25, 0.3) is 0 Å². The SMILES string of the molecule is CC(=O)NC(CC(=O)N1CCCC1CN)c1ccc(F)cc1F.Cl. The molecule has 2 unspecified atom stereocenters. The van der Waals surface area contributed by atoms with Crippen molar-refractivity contribution >= 4 is 24.2 Å². The first-order chi connectivity index (χ1) is 10.9. The van der Waals surface area contributed by atoms with Gasteiger partial charge in [0.05, 0.1) is 12.5 Å². The molecular formula is C16H22ClF2N3O2. The second-order valence-corrected chi connectivity index (χ2v) is 5.74. The molecule has 1 aliphatic rings. The Balaban J connectivity index is 0.00000288. The highest BCUT2D eigenvalue weighted by molar-refractivity contribution is 5.85. The summed E-state index contributed by atoms with van der Waals surface area (Å²) in [6, 6.07) is 2.25. The molecule has 1 saturated heterocycles. The Morgan fingerprint density at radius 1 is 1.42 bits per heavy atom. The van der Waals surface area contributed by atoms with Crippen LogP contribution in [-0.4, -0.2) is 35.8 Å². The Morgan fingerprint density at radius 3 is 2.71 bits per heavy atom. The molecule has 0 radical (unpaired) electrons. The third kappa shape index (κ3) is 4.88. The van der Waals surface area contributed by atoms with Crippen molar-refractivity contribution in [3.63, 3.8) is 0 Å². The van der Waals surface area contributed by atoms with Gasteiger partial charge in [-0.15, -0.1) is 12.4 Å². The first-order valence-corrected chi connectivity index (χ1v) is 7.64. The first-order valence-electron chi connectivity index (χ1n) is 7.64. The van der Waals surface area contributed by atoms with Crippen LogP contribution < -0.4 is 11.1 Å². The number of amides is 2. The number of rotatable bonds is 5. The normalized spacial score (nSPS) is 18.0. The van der Waals surface area contributed by atoms with E-state index in [0.717, 1.165) is 25.0 Å². The van der Waals surface area contributed by atoms with Crippen LogP contribution in [0, 0.1) is 11.6 Å². The summed E-state index contributed by atoms with van der Waals surface area (Å²) in [6.45, 7) is 2.28. The maximum absolute atomic E-state index is 14.0. The number of nitrogens with zero attached hydrogens (tertiary/aromatic N) is 1. The van der Waals surface area contributed by atoms with E-state index in [0.29, 0.717) is 13.1 Å². The molecule has 24 heavy (non-hydrogen) atoms. The van der Waals surface area contributed by atoms with Crippen molar-refractivity contribution in [2.24, 2.45) is 5.73 Å². The van der Waals surface area contributed by atoms with Gasteiger partial charge < -0.3 is 16.0 Å². The van der Waals surface area contributed by atoms with Crippen LogP contribution in [-0.2, 0) is 9.59 Å². The van der Waals surface area contributed by atoms with Crippen LogP contribution in [0.3, 0.4) is 0 Å². The van der Waals surface area contributed by atoms with Gasteiger partial charge in [-0.3, -0.25) is 9.59 Å². The van der Waals surface area contributed by atoms with E-state index >= 15 is 0 Å². The fourth-order valence-electron chi connectivity index (χ4n) is 2.97. The lowest BCUT2D eigenvalue weighted by molar-refractivity contribution is -0.132. The number of carbonyl (C=O) groups is 2. The van der Waals surface area contributed by atoms with Crippen LogP contribution >= 0.6 is 12.4 Å². The molecular weight excluding hydrogens is 340 g/mol. The summed E-state index contributed by atoms with van der Waals surface area (Å²) in [4.78, 5) is 25.5. The van der Waals surface area contributed by atoms with Crippen molar-refractivity contribution in [2.75, 3.05) is 13.1 Å². The Kier molecular flexibility index (Phi) is 7.57. The minimum Gasteiger partial charge on any atom is -0.349 e. The maximum Gasteiger partial charge on any atom is 0.225 e. The summed E-state index contributed by atoms with van der Waals surface area (Å²) in [5, 5.41) is 2.56. The summed E-state index contributed by atoms with van der Waals surface area (Å²) in [5.41, 5.74) is 5.76. The molecule has 0 saturated carbocycles. The number of nitrogens with two attached hydrogens (primary N) is 1. The fraction of sp³-hybridized carbons (Fsp3) is 0.500. The average molecular weight is 362 g/mol. The van der Waals surface area contributed by atoms with Crippen LogP contribution in [0.15, 0.2) is 18.2 Å². The molecule has 1 aromatic rings. The van der Waals surface area contributed by atoms with E-state index in [1.165, 1.54) is 13.0 Å². The molecule has 0 aromatic heterocycles. The van der Waals surface area contributed by atoms with Crippen LogP contribution in [0.4, 0.5) is 8.78 Å². The molecule has 0 aliphatic carbocycles. The Bertz CT molecular complexity index is 601. The van der Waals surface area contributed by atoms with E-state index in [1.54, 1.807) is 4.90 Å². The Hall–Kier alpha value is -1.73. The second-order valence-electron chi connectivity index (χ2n) is 5.74. The van der Waals surface area contributed by atoms with Gasteiger partial charge in [-0.25, -0.2) is 8.78 Å².